The highest BCUT2D eigenvalue weighted by atomic mass is 16.4. The van der Waals surface area contributed by atoms with E-state index in [2.05, 4.69) is 40.1 Å². The van der Waals surface area contributed by atoms with Gasteiger partial charge in [-0.2, -0.15) is 0 Å². The molecule has 0 radical (unpaired) electrons. The summed E-state index contributed by atoms with van der Waals surface area (Å²) in [7, 11) is 0. The van der Waals surface area contributed by atoms with Crippen LogP contribution in [0.15, 0.2) is 30.3 Å². The maximum Gasteiger partial charge on any atom is 0.317 e. The van der Waals surface area contributed by atoms with Gasteiger partial charge in [0.25, 0.3) is 0 Å². The molecule has 1 aliphatic heterocycles. The lowest BCUT2D eigenvalue weighted by Gasteiger charge is -2.38. The molecule has 0 atom stereocenters. The molecular formula is C17H24N2O2. The fraction of sp³-hybridized carbons (Fsp3) is 0.588. The van der Waals surface area contributed by atoms with Crippen LogP contribution in [0.2, 0.25) is 0 Å². The lowest BCUT2D eigenvalue weighted by atomic mass is 10.0. The van der Waals surface area contributed by atoms with E-state index in [0.717, 1.165) is 32.5 Å². The Labute approximate surface area is 126 Å². The summed E-state index contributed by atoms with van der Waals surface area (Å²) < 4.78 is 0. The van der Waals surface area contributed by atoms with Gasteiger partial charge in [-0.3, -0.25) is 14.6 Å². The molecule has 0 amide bonds. The van der Waals surface area contributed by atoms with Crippen LogP contribution in [0.3, 0.4) is 0 Å². The van der Waals surface area contributed by atoms with Gasteiger partial charge in [0.15, 0.2) is 0 Å². The van der Waals surface area contributed by atoms with Crippen molar-refractivity contribution in [2.24, 2.45) is 0 Å². The van der Waals surface area contributed by atoms with Gasteiger partial charge in [-0.05, 0) is 44.3 Å². The van der Waals surface area contributed by atoms with Crippen molar-refractivity contribution >= 4 is 5.97 Å². The number of benzene rings is 1. The molecule has 1 heterocycles. The molecule has 0 bridgehead atoms. The van der Waals surface area contributed by atoms with Crippen LogP contribution in [-0.2, 0) is 11.3 Å². The zero-order valence-electron chi connectivity index (χ0n) is 12.4. The Bertz CT molecular complexity index is 465. The maximum atomic E-state index is 11.0. The van der Waals surface area contributed by atoms with Crippen molar-refractivity contribution in [2.75, 3.05) is 19.6 Å². The molecule has 21 heavy (non-hydrogen) atoms. The first-order chi connectivity index (χ1) is 10.2. The highest BCUT2D eigenvalue weighted by Crippen LogP contribution is 2.31. The lowest BCUT2D eigenvalue weighted by molar-refractivity contribution is -0.139. The molecule has 1 saturated heterocycles. The first-order valence-electron chi connectivity index (χ1n) is 7.96. The molecule has 0 unspecified atom stereocenters. The van der Waals surface area contributed by atoms with Gasteiger partial charge in [0.05, 0.1) is 6.54 Å². The van der Waals surface area contributed by atoms with Crippen molar-refractivity contribution in [2.45, 2.75) is 44.3 Å². The molecule has 2 fully saturated rings. The van der Waals surface area contributed by atoms with Gasteiger partial charge < -0.3 is 5.11 Å². The summed E-state index contributed by atoms with van der Waals surface area (Å²) in [6, 6.07) is 11.6. The van der Waals surface area contributed by atoms with Gasteiger partial charge in [0.1, 0.15) is 0 Å². The standard InChI is InChI=1S/C17H24N2O2/c20-17(21)13-19(15-6-7-15)16-8-10-18(11-9-16)12-14-4-2-1-3-5-14/h1-5,15-16H,6-13H2,(H,20,21). The maximum absolute atomic E-state index is 11.0. The normalized spacial score (nSPS) is 20.8. The minimum Gasteiger partial charge on any atom is -0.480 e. The third-order valence-corrected chi connectivity index (χ3v) is 4.61. The van der Waals surface area contributed by atoms with Crippen molar-refractivity contribution in [3.05, 3.63) is 35.9 Å². The molecule has 1 aromatic carbocycles. The van der Waals surface area contributed by atoms with E-state index in [1.807, 2.05) is 0 Å². The quantitative estimate of drug-likeness (QED) is 0.871. The second-order valence-corrected chi connectivity index (χ2v) is 6.29. The first-order valence-corrected chi connectivity index (χ1v) is 7.96. The number of nitrogens with zero attached hydrogens (tertiary/aromatic N) is 2. The summed E-state index contributed by atoms with van der Waals surface area (Å²) in [6.07, 6.45) is 4.54. The number of carboxylic acid groups (broad SMARTS) is 1. The highest BCUT2D eigenvalue weighted by molar-refractivity contribution is 5.69. The molecule has 1 saturated carbocycles. The number of carbonyl (C=O) groups is 1. The number of hydrogen-bond donors (Lipinski definition) is 1. The Balaban J connectivity index is 1.51. The van der Waals surface area contributed by atoms with Gasteiger partial charge in [0.2, 0.25) is 0 Å². The molecule has 1 aromatic rings. The molecule has 1 N–H and O–H groups in total. The van der Waals surface area contributed by atoms with Crippen LogP contribution in [0.1, 0.15) is 31.2 Å². The highest BCUT2D eigenvalue weighted by Gasteiger charge is 2.36. The number of carboxylic acids is 1. The molecule has 2 aliphatic rings. The van der Waals surface area contributed by atoms with E-state index in [9.17, 15) is 4.79 Å². The Morgan fingerprint density at radius 3 is 2.29 bits per heavy atom. The van der Waals surface area contributed by atoms with Crippen molar-refractivity contribution in [3.63, 3.8) is 0 Å². The summed E-state index contributed by atoms with van der Waals surface area (Å²) in [6.45, 7) is 3.37. The van der Waals surface area contributed by atoms with Gasteiger partial charge in [-0.1, -0.05) is 30.3 Å². The number of hydrogen-bond acceptors (Lipinski definition) is 3. The van der Waals surface area contributed by atoms with E-state index in [-0.39, 0.29) is 6.54 Å². The Hall–Kier alpha value is -1.39. The number of likely N-dealkylation sites (tertiary alicyclic amines) is 1. The summed E-state index contributed by atoms with van der Waals surface area (Å²) in [5.74, 6) is -0.686. The Morgan fingerprint density at radius 1 is 1.10 bits per heavy atom. The average Bonchev–Trinajstić information content (AvgIpc) is 3.31. The van der Waals surface area contributed by atoms with Gasteiger partial charge in [-0.15, -0.1) is 0 Å². The topological polar surface area (TPSA) is 43.8 Å². The van der Waals surface area contributed by atoms with Gasteiger partial charge in [0, 0.05) is 18.6 Å². The number of piperidine rings is 1. The monoisotopic (exact) mass is 288 g/mol. The molecule has 4 heteroatoms. The van der Waals surface area contributed by atoms with Crippen LogP contribution >= 0.6 is 0 Å². The van der Waals surface area contributed by atoms with Crippen LogP contribution < -0.4 is 0 Å². The third kappa shape index (κ3) is 4.05. The largest absolute Gasteiger partial charge is 0.480 e. The zero-order valence-corrected chi connectivity index (χ0v) is 12.4. The van der Waals surface area contributed by atoms with Crippen molar-refractivity contribution in [1.29, 1.82) is 0 Å². The third-order valence-electron chi connectivity index (χ3n) is 4.61. The van der Waals surface area contributed by atoms with E-state index < -0.39 is 5.97 Å². The van der Waals surface area contributed by atoms with E-state index in [1.165, 1.54) is 18.4 Å². The Kier molecular flexibility index (Phi) is 4.56. The van der Waals surface area contributed by atoms with Crippen molar-refractivity contribution < 1.29 is 9.90 Å². The molecule has 0 aromatic heterocycles. The first kappa shape index (κ1) is 14.5. The number of aliphatic carboxylic acids is 1. The molecule has 4 nitrogen and oxygen atoms in total. The Morgan fingerprint density at radius 2 is 1.71 bits per heavy atom. The minimum absolute atomic E-state index is 0.216. The summed E-state index contributed by atoms with van der Waals surface area (Å²) in [5.41, 5.74) is 1.36. The average molecular weight is 288 g/mol. The van der Waals surface area contributed by atoms with E-state index >= 15 is 0 Å². The fourth-order valence-corrected chi connectivity index (χ4v) is 3.37. The molecule has 3 rings (SSSR count). The molecule has 114 valence electrons. The zero-order chi connectivity index (χ0) is 14.7. The van der Waals surface area contributed by atoms with Gasteiger partial charge in [-0.25, -0.2) is 0 Å². The van der Waals surface area contributed by atoms with Crippen LogP contribution in [-0.4, -0.2) is 52.6 Å². The minimum atomic E-state index is -0.686. The number of rotatable bonds is 6. The molecule has 0 spiro atoms. The van der Waals surface area contributed by atoms with Gasteiger partial charge >= 0.3 is 5.97 Å². The second kappa shape index (κ2) is 6.58. The van der Waals surface area contributed by atoms with E-state index in [4.69, 9.17) is 5.11 Å². The summed E-state index contributed by atoms with van der Waals surface area (Å²) >= 11 is 0. The second-order valence-electron chi connectivity index (χ2n) is 6.29. The van der Waals surface area contributed by atoms with E-state index in [0.29, 0.717) is 12.1 Å². The summed E-state index contributed by atoms with van der Waals surface area (Å²) in [5, 5.41) is 9.09. The predicted molar refractivity (Wildman–Crippen MR) is 82.1 cm³/mol. The van der Waals surface area contributed by atoms with E-state index in [1.54, 1.807) is 0 Å². The smallest absolute Gasteiger partial charge is 0.317 e. The van der Waals surface area contributed by atoms with Crippen LogP contribution in [0.5, 0.6) is 0 Å². The van der Waals surface area contributed by atoms with Crippen LogP contribution in [0.4, 0.5) is 0 Å². The summed E-state index contributed by atoms with van der Waals surface area (Å²) in [4.78, 5) is 15.8. The van der Waals surface area contributed by atoms with Crippen molar-refractivity contribution in [1.82, 2.24) is 9.80 Å². The SMILES string of the molecule is O=C(O)CN(C1CC1)C1CCN(Cc2ccccc2)CC1. The molecule has 1 aliphatic carbocycles. The van der Waals surface area contributed by atoms with Crippen LogP contribution in [0, 0.1) is 0 Å². The predicted octanol–water partition coefficient (Wildman–Crippen LogP) is 2.20. The molecular weight excluding hydrogens is 264 g/mol. The van der Waals surface area contributed by atoms with Crippen molar-refractivity contribution in [3.8, 4) is 0 Å². The lowest BCUT2D eigenvalue weighted by Crippen LogP contribution is -2.47. The fourth-order valence-electron chi connectivity index (χ4n) is 3.37. The van der Waals surface area contributed by atoms with Crippen LogP contribution in [0.25, 0.3) is 0 Å².